The Morgan fingerprint density at radius 3 is 2.62 bits per heavy atom. The molecule has 1 aliphatic heterocycles. The van der Waals surface area contributed by atoms with Crippen LogP contribution in [-0.4, -0.2) is 35.6 Å². The van der Waals surface area contributed by atoms with E-state index >= 15 is 0 Å². The van der Waals surface area contributed by atoms with E-state index in [0.29, 0.717) is 23.3 Å². The van der Waals surface area contributed by atoms with Gasteiger partial charge in [0.15, 0.2) is 5.17 Å². The van der Waals surface area contributed by atoms with Crippen LogP contribution < -0.4 is 0 Å². The van der Waals surface area contributed by atoms with Gasteiger partial charge in [-0.25, -0.2) is 14.2 Å². The quantitative estimate of drug-likeness (QED) is 0.602. The molecular weight excluding hydrogens is 331 g/mol. The van der Waals surface area contributed by atoms with Crippen molar-refractivity contribution >= 4 is 34.5 Å². The van der Waals surface area contributed by atoms with Gasteiger partial charge in [-0.1, -0.05) is 13.8 Å². The average Bonchev–Trinajstić information content (AvgIpc) is 2.82. The molecule has 1 fully saturated rings. The molecule has 0 aliphatic carbocycles. The first-order chi connectivity index (χ1) is 11.4. The number of nitrogens with zero attached hydrogens (tertiary/aromatic N) is 2. The third-order valence-electron chi connectivity index (χ3n) is 3.32. The molecule has 1 aromatic rings. The minimum Gasteiger partial charge on any atom is -0.466 e. The highest BCUT2D eigenvalue weighted by molar-refractivity contribution is 8.18. The summed E-state index contributed by atoms with van der Waals surface area (Å²) in [6.07, 6.45) is 1.97. The predicted octanol–water partition coefficient (Wildman–Crippen LogP) is 3.49. The highest BCUT2D eigenvalue weighted by Gasteiger charge is 2.33. The monoisotopic (exact) mass is 350 g/mol. The van der Waals surface area contributed by atoms with Gasteiger partial charge < -0.3 is 4.74 Å². The molecule has 0 unspecified atom stereocenters. The van der Waals surface area contributed by atoms with E-state index in [9.17, 15) is 14.0 Å². The van der Waals surface area contributed by atoms with Gasteiger partial charge in [-0.15, -0.1) is 0 Å². The molecule has 0 saturated carbocycles. The average molecular weight is 350 g/mol. The number of carbonyl (C=O) groups is 2. The van der Waals surface area contributed by atoms with Crippen LogP contribution in [0.3, 0.4) is 0 Å². The molecule has 1 saturated heterocycles. The third kappa shape index (κ3) is 4.67. The maximum absolute atomic E-state index is 13.0. The van der Waals surface area contributed by atoms with Crippen molar-refractivity contribution in [1.82, 2.24) is 4.90 Å². The highest BCUT2D eigenvalue weighted by Crippen LogP contribution is 2.33. The van der Waals surface area contributed by atoms with Gasteiger partial charge in [-0.2, -0.15) is 0 Å². The van der Waals surface area contributed by atoms with Gasteiger partial charge in [-0.05, 0) is 48.4 Å². The summed E-state index contributed by atoms with van der Waals surface area (Å²) >= 11 is 1.11. The Kier molecular flexibility index (Phi) is 6.14. The van der Waals surface area contributed by atoms with Crippen molar-refractivity contribution in [3.8, 4) is 0 Å². The van der Waals surface area contributed by atoms with Gasteiger partial charge in [0.1, 0.15) is 5.82 Å². The number of halogens is 1. The molecule has 1 aliphatic rings. The lowest BCUT2D eigenvalue weighted by Gasteiger charge is -2.16. The number of rotatable bonds is 5. The van der Waals surface area contributed by atoms with Gasteiger partial charge >= 0.3 is 5.97 Å². The number of aliphatic imine (C=N–C) groups is 1. The first-order valence-electron chi connectivity index (χ1n) is 7.54. The molecule has 24 heavy (non-hydrogen) atoms. The molecule has 2 rings (SSSR count). The summed E-state index contributed by atoms with van der Waals surface area (Å²) in [4.78, 5) is 30.2. The fraction of sp³-hybridized carbons (Fsp3) is 0.353. The molecule has 0 aromatic heterocycles. The summed E-state index contributed by atoms with van der Waals surface area (Å²) in [6, 6.07) is 5.70. The Bertz CT molecular complexity index is 684. The lowest BCUT2D eigenvalue weighted by molar-refractivity contribution is -0.135. The highest BCUT2D eigenvalue weighted by atomic mass is 32.2. The van der Waals surface area contributed by atoms with E-state index in [1.807, 2.05) is 0 Å². The van der Waals surface area contributed by atoms with Crippen molar-refractivity contribution in [3.05, 3.63) is 41.1 Å². The Hall–Kier alpha value is -2.15. The van der Waals surface area contributed by atoms with Crippen LogP contribution in [0.1, 0.15) is 20.3 Å². The van der Waals surface area contributed by atoms with Crippen LogP contribution in [0.25, 0.3) is 0 Å². The van der Waals surface area contributed by atoms with Crippen molar-refractivity contribution < 1.29 is 18.7 Å². The van der Waals surface area contributed by atoms with Crippen LogP contribution in [0.4, 0.5) is 10.1 Å². The first-order valence-corrected chi connectivity index (χ1v) is 8.36. The van der Waals surface area contributed by atoms with Gasteiger partial charge in [0.05, 0.1) is 17.7 Å². The molecule has 128 valence electrons. The Morgan fingerprint density at radius 1 is 1.38 bits per heavy atom. The van der Waals surface area contributed by atoms with E-state index in [4.69, 9.17) is 0 Å². The molecule has 0 spiro atoms. The lowest BCUT2D eigenvalue weighted by Crippen LogP contribution is -2.30. The molecule has 0 radical (unpaired) electrons. The maximum atomic E-state index is 13.0. The van der Waals surface area contributed by atoms with Crippen molar-refractivity contribution in [2.24, 2.45) is 10.9 Å². The van der Waals surface area contributed by atoms with Crippen molar-refractivity contribution in [3.63, 3.8) is 0 Å². The van der Waals surface area contributed by atoms with Gasteiger partial charge in [0, 0.05) is 12.6 Å². The normalized spacial score (nSPS) is 18.0. The Labute approximate surface area is 144 Å². The second-order valence-corrected chi connectivity index (χ2v) is 6.65. The molecule has 1 aromatic carbocycles. The van der Waals surface area contributed by atoms with E-state index in [1.165, 1.54) is 37.5 Å². The third-order valence-corrected chi connectivity index (χ3v) is 4.33. The zero-order valence-corrected chi connectivity index (χ0v) is 14.6. The molecule has 5 nitrogen and oxygen atoms in total. The second kappa shape index (κ2) is 8.10. The van der Waals surface area contributed by atoms with Gasteiger partial charge in [0.2, 0.25) is 0 Å². The zero-order chi connectivity index (χ0) is 17.7. The molecule has 0 bridgehead atoms. The lowest BCUT2D eigenvalue weighted by atomic mass is 10.1. The number of thioether (sulfide) groups is 1. The predicted molar refractivity (Wildman–Crippen MR) is 92.4 cm³/mol. The fourth-order valence-corrected chi connectivity index (χ4v) is 2.95. The number of methoxy groups -OCH3 is 1. The minimum absolute atomic E-state index is 0.270. The summed E-state index contributed by atoms with van der Waals surface area (Å²) in [6.45, 7) is 4.63. The second-order valence-electron chi connectivity index (χ2n) is 5.64. The minimum atomic E-state index is -0.585. The van der Waals surface area contributed by atoms with Gasteiger partial charge in [-0.3, -0.25) is 9.69 Å². The summed E-state index contributed by atoms with van der Waals surface area (Å²) < 4.78 is 17.6. The molecule has 7 heteroatoms. The fourth-order valence-electron chi connectivity index (χ4n) is 1.97. The Balaban J connectivity index is 2.31. The van der Waals surface area contributed by atoms with Crippen molar-refractivity contribution in [2.75, 3.05) is 13.7 Å². The Morgan fingerprint density at radius 2 is 2.04 bits per heavy atom. The number of amides is 1. The number of hydrogen-bond donors (Lipinski definition) is 0. The molecule has 0 N–H and O–H groups in total. The number of hydrogen-bond acceptors (Lipinski definition) is 5. The number of amidine groups is 1. The summed E-state index contributed by atoms with van der Waals surface area (Å²) in [5.74, 6) is -0.787. The van der Waals surface area contributed by atoms with E-state index in [1.54, 1.807) is 4.90 Å². The van der Waals surface area contributed by atoms with E-state index in [-0.39, 0.29) is 16.6 Å². The standard InChI is InChI=1S/C17H19FN2O3S/c1-11(2)8-9-20-16(22)14(10-15(21)23-3)24-17(20)19-13-6-4-12(18)5-7-13/h4-7,10-11H,8-9H2,1-3H3/b14-10+,19-17?. The first kappa shape index (κ1) is 18.2. The molecule has 0 atom stereocenters. The summed E-state index contributed by atoms with van der Waals surface area (Å²) in [5.41, 5.74) is 0.542. The van der Waals surface area contributed by atoms with Crippen LogP contribution in [0.15, 0.2) is 40.2 Å². The van der Waals surface area contributed by atoms with E-state index < -0.39 is 5.97 Å². The maximum Gasteiger partial charge on any atom is 0.331 e. The van der Waals surface area contributed by atoms with Crippen molar-refractivity contribution in [2.45, 2.75) is 20.3 Å². The summed E-state index contributed by atoms with van der Waals surface area (Å²) in [7, 11) is 1.26. The zero-order valence-electron chi connectivity index (χ0n) is 13.8. The number of benzene rings is 1. The largest absolute Gasteiger partial charge is 0.466 e. The summed E-state index contributed by atoms with van der Waals surface area (Å²) in [5, 5.41) is 0.474. The van der Waals surface area contributed by atoms with Gasteiger partial charge in [0.25, 0.3) is 5.91 Å². The number of ether oxygens (including phenoxy) is 1. The SMILES string of the molecule is COC(=O)/C=C1/SC(=Nc2ccc(F)cc2)N(CCC(C)C)C1=O. The molecule has 1 heterocycles. The van der Waals surface area contributed by atoms with E-state index in [0.717, 1.165) is 18.2 Å². The van der Waals surface area contributed by atoms with Crippen LogP contribution >= 0.6 is 11.8 Å². The van der Waals surface area contributed by atoms with E-state index in [2.05, 4.69) is 23.6 Å². The molecular formula is C17H19FN2O3S. The smallest absolute Gasteiger partial charge is 0.331 e. The van der Waals surface area contributed by atoms with Crippen LogP contribution in [0.5, 0.6) is 0 Å². The topological polar surface area (TPSA) is 59.0 Å². The number of carbonyl (C=O) groups excluding carboxylic acids is 2. The number of esters is 1. The molecule has 1 amide bonds. The van der Waals surface area contributed by atoms with Crippen LogP contribution in [-0.2, 0) is 14.3 Å². The van der Waals surface area contributed by atoms with Crippen LogP contribution in [0.2, 0.25) is 0 Å². The van der Waals surface area contributed by atoms with Crippen LogP contribution in [0, 0.1) is 11.7 Å². The van der Waals surface area contributed by atoms with Crippen molar-refractivity contribution in [1.29, 1.82) is 0 Å².